The van der Waals surface area contributed by atoms with Gasteiger partial charge in [-0.1, -0.05) is 24.3 Å². The second-order valence-electron chi connectivity index (χ2n) is 8.89. The van der Waals surface area contributed by atoms with Crippen LogP contribution in [0.1, 0.15) is 37.6 Å². The number of halogens is 1. The number of benzene rings is 1. The highest BCUT2D eigenvalue weighted by atomic mass is 35.5. The molecule has 2 aromatic heterocycles. The molecule has 9 nitrogen and oxygen atoms in total. The number of ether oxygens (including phenoxy) is 2. The van der Waals surface area contributed by atoms with Gasteiger partial charge in [0.15, 0.2) is 0 Å². The van der Waals surface area contributed by atoms with E-state index in [1.807, 2.05) is 55.2 Å². The third-order valence-corrected chi connectivity index (χ3v) is 6.64. The second-order valence-corrected chi connectivity index (χ2v) is 9.32. The number of aromatic amines is 1. The minimum absolute atomic E-state index is 0.324. The Labute approximate surface area is 221 Å². The van der Waals surface area contributed by atoms with Crippen molar-refractivity contribution in [3.8, 4) is 0 Å². The fourth-order valence-corrected chi connectivity index (χ4v) is 4.79. The smallest absolute Gasteiger partial charge is 0.216 e. The molecule has 198 valence electrons. The molecule has 0 saturated heterocycles. The van der Waals surface area contributed by atoms with Crippen molar-refractivity contribution in [1.29, 1.82) is 0 Å². The molecule has 0 amide bonds. The monoisotopic (exact) mass is 527 g/mol. The molecule has 0 saturated carbocycles. The van der Waals surface area contributed by atoms with Crippen molar-refractivity contribution in [3.05, 3.63) is 83.3 Å². The summed E-state index contributed by atoms with van der Waals surface area (Å²) in [6.45, 7) is 9.77. The fraction of sp³-hybridized carbons (Fsp3) is 0.407. The maximum Gasteiger partial charge on any atom is 0.216 e. The van der Waals surface area contributed by atoms with E-state index in [1.165, 1.54) is 11.9 Å². The standard InChI is InChI=1S/C27H34ClN5O4/c1-4-21(37-13-11-20(34)15-32-17-29-16-30-32)8-6-18(3)26-25-22(10-12-33(26)27(35)36-5-2)23-14-19(28)7-9-24(23)31-25/h4,6-9,14,16-17,20,26-27,31,34-35H,3,5,10-13,15H2,1-2H3/b8-6-,21-4+/t20?,26-,27?/m0/s1. The number of hydrogen-bond donors (Lipinski definition) is 3. The Morgan fingerprint density at radius 3 is 2.92 bits per heavy atom. The number of aromatic nitrogens is 4. The molecule has 3 aromatic rings. The summed E-state index contributed by atoms with van der Waals surface area (Å²) >= 11 is 6.28. The van der Waals surface area contributed by atoms with Crippen LogP contribution in [0.3, 0.4) is 0 Å². The molecule has 37 heavy (non-hydrogen) atoms. The maximum atomic E-state index is 10.8. The van der Waals surface area contributed by atoms with E-state index in [1.54, 1.807) is 11.0 Å². The average Bonchev–Trinajstić information content (AvgIpc) is 3.52. The third kappa shape index (κ3) is 6.49. The van der Waals surface area contributed by atoms with E-state index < -0.39 is 12.5 Å². The number of nitrogens with zero attached hydrogens (tertiary/aromatic N) is 4. The first-order valence-electron chi connectivity index (χ1n) is 12.4. The topological polar surface area (TPSA) is 109 Å². The van der Waals surface area contributed by atoms with Gasteiger partial charge in [-0.05, 0) is 61.8 Å². The molecule has 4 rings (SSSR count). The Hall–Kier alpha value is -2.95. The average molecular weight is 528 g/mol. The molecular formula is C27H34ClN5O4. The lowest BCUT2D eigenvalue weighted by molar-refractivity contribution is -0.202. The summed E-state index contributed by atoms with van der Waals surface area (Å²) in [6, 6.07) is 5.48. The first kappa shape index (κ1) is 27.1. The molecule has 0 bridgehead atoms. The van der Waals surface area contributed by atoms with Gasteiger partial charge in [0.05, 0.1) is 25.3 Å². The number of rotatable bonds is 12. The summed E-state index contributed by atoms with van der Waals surface area (Å²) in [7, 11) is 0. The van der Waals surface area contributed by atoms with Crippen molar-refractivity contribution < 1.29 is 19.7 Å². The quantitative estimate of drug-likeness (QED) is 0.185. The first-order chi connectivity index (χ1) is 17.9. The van der Waals surface area contributed by atoms with Gasteiger partial charge in [0.2, 0.25) is 6.41 Å². The van der Waals surface area contributed by atoms with Crippen molar-refractivity contribution in [2.24, 2.45) is 0 Å². The normalized spacial score (nSPS) is 18.3. The van der Waals surface area contributed by atoms with Crippen molar-refractivity contribution in [2.45, 2.75) is 51.8 Å². The molecule has 2 unspecified atom stereocenters. The van der Waals surface area contributed by atoms with Crippen molar-refractivity contribution in [3.63, 3.8) is 0 Å². The predicted molar refractivity (Wildman–Crippen MR) is 143 cm³/mol. The summed E-state index contributed by atoms with van der Waals surface area (Å²) in [5.41, 5.74) is 3.90. The number of fused-ring (bicyclic) bond motifs is 3. The highest BCUT2D eigenvalue weighted by Gasteiger charge is 2.35. The summed E-state index contributed by atoms with van der Waals surface area (Å²) in [6.07, 6.45) is 8.15. The molecule has 3 N–H and O–H groups in total. The Kier molecular flexibility index (Phi) is 9.18. The number of allylic oxidation sites excluding steroid dienone is 2. The zero-order chi connectivity index (χ0) is 26.4. The van der Waals surface area contributed by atoms with Gasteiger partial charge in [-0.2, -0.15) is 5.10 Å². The van der Waals surface area contributed by atoms with E-state index in [0.29, 0.717) is 43.5 Å². The molecule has 0 spiro atoms. The molecule has 1 aromatic carbocycles. The minimum atomic E-state index is -1.06. The van der Waals surface area contributed by atoms with E-state index in [4.69, 9.17) is 21.1 Å². The minimum Gasteiger partial charge on any atom is -0.494 e. The highest BCUT2D eigenvalue weighted by Crippen LogP contribution is 2.40. The van der Waals surface area contributed by atoms with E-state index in [0.717, 1.165) is 28.6 Å². The Balaban J connectivity index is 1.47. The lowest BCUT2D eigenvalue weighted by Gasteiger charge is -2.38. The van der Waals surface area contributed by atoms with Crippen LogP contribution in [0.2, 0.25) is 5.02 Å². The number of H-pyrrole nitrogens is 1. The lowest BCUT2D eigenvalue weighted by atomic mass is 9.93. The van der Waals surface area contributed by atoms with E-state index in [2.05, 4.69) is 21.6 Å². The molecule has 0 aliphatic carbocycles. The lowest BCUT2D eigenvalue weighted by Crippen LogP contribution is -2.44. The molecule has 1 aliphatic rings. The number of nitrogens with one attached hydrogen (secondary N) is 1. The molecule has 0 fully saturated rings. The highest BCUT2D eigenvalue weighted by molar-refractivity contribution is 6.31. The molecular weight excluding hydrogens is 494 g/mol. The summed E-state index contributed by atoms with van der Waals surface area (Å²) in [4.78, 5) is 9.30. The first-order valence-corrected chi connectivity index (χ1v) is 12.8. The fourth-order valence-electron chi connectivity index (χ4n) is 4.62. The molecule has 10 heteroatoms. The van der Waals surface area contributed by atoms with E-state index in [9.17, 15) is 10.2 Å². The van der Waals surface area contributed by atoms with Gasteiger partial charge < -0.3 is 24.7 Å². The zero-order valence-corrected chi connectivity index (χ0v) is 21.9. The number of hydrogen-bond acceptors (Lipinski definition) is 7. The van der Waals surface area contributed by atoms with Crippen LogP contribution in [0.15, 0.2) is 67.0 Å². The number of aliphatic hydroxyl groups is 2. The van der Waals surface area contributed by atoms with Gasteiger partial charge in [-0.3, -0.25) is 4.68 Å². The van der Waals surface area contributed by atoms with Gasteiger partial charge in [0, 0.05) is 41.2 Å². The zero-order valence-electron chi connectivity index (χ0n) is 21.2. The van der Waals surface area contributed by atoms with Gasteiger partial charge in [-0.15, -0.1) is 0 Å². The summed E-state index contributed by atoms with van der Waals surface area (Å²) < 4.78 is 13.0. The second kappa shape index (κ2) is 12.5. The Morgan fingerprint density at radius 2 is 2.19 bits per heavy atom. The molecule has 3 atom stereocenters. The van der Waals surface area contributed by atoms with Crippen LogP contribution in [0.4, 0.5) is 0 Å². The van der Waals surface area contributed by atoms with Crippen LogP contribution < -0.4 is 0 Å². The SMILES string of the molecule is C=C(/C=C\C(=C/C)OCCC(O)Cn1cncn1)[C@H]1c2[nH]c3ccc(Cl)cc3c2CCN1C(O)OCC. The Bertz CT molecular complexity index is 1250. The van der Waals surface area contributed by atoms with Crippen LogP contribution >= 0.6 is 11.6 Å². The molecule has 3 heterocycles. The van der Waals surface area contributed by atoms with Crippen LogP contribution in [0, 0.1) is 0 Å². The van der Waals surface area contributed by atoms with E-state index >= 15 is 0 Å². The van der Waals surface area contributed by atoms with Crippen LogP contribution in [0.25, 0.3) is 10.9 Å². The van der Waals surface area contributed by atoms with Crippen LogP contribution in [-0.2, 0) is 22.4 Å². The largest absolute Gasteiger partial charge is 0.494 e. The summed E-state index contributed by atoms with van der Waals surface area (Å²) in [5, 5.41) is 26.7. The van der Waals surface area contributed by atoms with Gasteiger partial charge in [-0.25, -0.2) is 9.88 Å². The van der Waals surface area contributed by atoms with Gasteiger partial charge in [0.1, 0.15) is 18.4 Å². The van der Waals surface area contributed by atoms with Crippen molar-refractivity contribution in [2.75, 3.05) is 19.8 Å². The molecule has 0 radical (unpaired) electrons. The Morgan fingerprint density at radius 1 is 1.35 bits per heavy atom. The van der Waals surface area contributed by atoms with Crippen molar-refractivity contribution in [1.82, 2.24) is 24.6 Å². The van der Waals surface area contributed by atoms with Crippen LogP contribution in [-0.4, -0.2) is 67.1 Å². The maximum absolute atomic E-state index is 10.8. The number of aliphatic hydroxyl groups excluding tert-OH is 2. The third-order valence-electron chi connectivity index (χ3n) is 6.41. The van der Waals surface area contributed by atoms with Gasteiger partial charge in [0.25, 0.3) is 0 Å². The van der Waals surface area contributed by atoms with E-state index in [-0.39, 0.29) is 6.04 Å². The van der Waals surface area contributed by atoms with Crippen molar-refractivity contribution >= 4 is 22.5 Å². The predicted octanol–water partition coefficient (Wildman–Crippen LogP) is 4.11. The van der Waals surface area contributed by atoms with Crippen LogP contribution in [0.5, 0.6) is 0 Å². The summed E-state index contributed by atoms with van der Waals surface area (Å²) in [5.74, 6) is 0.658. The molecule has 1 aliphatic heterocycles. The van der Waals surface area contributed by atoms with Gasteiger partial charge >= 0.3 is 0 Å².